The summed E-state index contributed by atoms with van der Waals surface area (Å²) in [6, 6.07) is 0.146. The van der Waals surface area contributed by atoms with Crippen LogP contribution in [0.15, 0.2) is 0 Å². The molecule has 6 heteroatoms. The van der Waals surface area contributed by atoms with Crippen molar-refractivity contribution >= 4 is 15.9 Å². The predicted molar refractivity (Wildman–Crippen MR) is 95.6 cm³/mol. The van der Waals surface area contributed by atoms with Gasteiger partial charge in [0.1, 0.15) is 0 Å². The molecule has 2 N–H and O–H groups in total. The number of sulfone groups is 1. The van der Waals surface area contributed by atoms with Gasteiger partial charge in [-0.1, -0.05) is 32.6 Å². The van der Waals surface area contributed by atoms with Gasteiger partial charge >= 0.3 is 6.03 Å². The van der Waals surface area contributed by atoms with Crippen LogP contribution in [0.2, 0.25) is 0 Å². The van der Waals surface area contributed by atoms with E-state index in [-0.39, 0.29) is 17.5 Å². The largest absolute Gasteiger partial charge is 0.338 e. The number of rotatable bonds is 4. The Hall–Kier alpha value is -0.780. The fraction of sp³-hybridized carbons (Fsp3) is 0.944. The minimum atomic E-state index is -2.76. The molecule has 1 aliphatic heterocycles. The van der Waals surface area contributed by atoms with Crippen molar-refractivity contribution in [2.45, 2.75) is 70.8 Å². The lowest BCUT2D eigenvalue weighted by Crippen LogP contribution is -2.53. The van der Waals surface area contributed by atoms with E-state index in [4.69, 9.17) is 0 Å². The summed E-state index contributed by atoms with van der Waals surface area (Å²) < 4.78 is 22.8. The maximum absolute atomic E-state index is 12.1. The van der Waals surface area contributed by atoms with Gasteiger partial charge in [0.05, 0.1) is 11.5 Å². The lowest BCUT2D eigenvalue weighted by molar-refractivity contribution is 0.187. The summed E-state index contributed by atoms with van der Waals surface area (Å²) in [5.74, 6) is 2.27. The zero-order chi connectivity index (χ0) is 17.2. The Morgan fingerprint density at radius 1 is 1.08 bits per heavy atom. The smallest absolute Gasteiger partial charge is 0.315 e. The fourth-order valence-electron chi connectivity index (χ4n) is 4.98. The molecular weight excluding hydrogens is 324 g/mol. The first-order valence-electron chi connectivity index (χ1n) is 9.62. The normalized spacial score (nSPS) is 32.0. The highest BCUT2D eigenvalue weighted by Gasteiger charge is 2.49. The molecule has 1 spiro atoms. The van der Waals surface area contributed by atoms with Crippen molar-refractivity contribution in [2.24, 2.45) is 17.3 Å². The number of urea groups is 1. The molecule has 0 radical (unpaired) electrons. The van der Waals surface area contributed by atoms with Crippen LogP contribution in [-0.2, 0) is 9.84 Å². The number of nitrogens with one attached hydrogen (secondary N) is 2. The molecule has 1 saturated heterocycles. The summed E-state index contributed by atoms with van der Waals surface area (Å²) in [6.45, 7) is 3.10. The first kappa shape index (κ1) is 18.0. The van der Waals surface area contributed by atoms with E-state index in [2.05, 4.69) is 17.6 Å². The number of hydrogen-bond acceptors (Lipinski definition) is 3. The highest BCUT2D eigenvalue weighted by molar-refractivity contribution is 7.92. The van der Waals surface area contributed by atoms with Gasteiger partial charge in [0.15, 0.2) is 9.84 Å². The summed E-state index contributed by atoms with van der Waals surface area (Å²) in [6.07, 6.45) is 10.1. The molecule has 2 unspecified atom stereocenters. The quantitative estimate of drug-likeness (QED) is 0.813. The van der Waals surface area contributed by atoms with Gasteiger partial charge in [-0.15, -0.1) is 0 Å². The second-order valence-electron chi connectivity index (χ2n) is 8.52. The maximum Gasteiger partial charge on any atom is 0.315 e. The molecule has 24 heavy (non-hydrogen) atoms. The monoisotopic (exact) mass is 356 g/mol. The average molecular weight is 357 g/mol. The van der Waals surface area contributed by atoms with Crippen molar-refractivity contribution in [1.82, 2.24) is 10.6 Å². The molecule has 5 nitrogen and oxygen atoms in total. The summed E-state index contributed by atoms with van der Waals surface area (Å²) in [4.78, 5) is 12.1. The number of amides is 2. The van der Waals surface area contributed by atoms with Gasteiger partial charge in [-0.3, -0.25) is 0 Å². The molecule has 2 aliphatic carbocycles. The van der Waals surface area contributed by atoms with Gasteiger partial charge < -0.3 is 10.6 Å². The van der Waals surface area contributed by atoms with E-state index in [1.54, 1.807) is 0 Å². The Kier molecular flexibility index (Phi) is 5.42. The standard InChI is InChI=1S/C18H32N2O3S/c1-14-4-2-3-5-15(14)8-11-19-17(21)20-16-6-9-18(10-7-16)12-24(22,23)13-18/h14-16H,2-13H2,1H3,(H2,19,20,21). The summed E-state index contributed by atoms with van der Waals surface area (Å²) >= 11 is 0. The van der Waals surface area contributed by atoms with E-state index in [0.717, 1.165) is 50.5 Å². The molecule has 138 valence electrons. The molecule has 0 aromatic heterocycles. The molecule has 0 aromatic rings. The lowest BCUT2D eigenvalue weighted by atomic mass is 9.74. The molecule has 3 fully saturated rings. The summed E-state index contributed by atoms with van der Waals surface area (Å²) in [7, 11) is -2.76. The molecule has 3 rings (SSSR count). The fourth-order valence-corrected chi connectivity index (χ4v) is 7.34. The zero-order valence-corrected chi connectivity index (χ0v) is 15.7. The molecule has 2 saturated carbocycles. The third-order valence-electron chi connectivity index (χ3n) is 6.52. The highest BCUT2D eigenvalue weighted by atomic mass is 32.2. The van der Waals surface area contributed by atoms with Crippen LogP contribution in [0.4, 0.5) is 4.79 Å². The highest BCUT2D eigenvalue weighted by Crippen LogP contribution is 2.45. The van der Waals surface area contributed by atoms with E-state index in [1.165, 1.54) is 25.7 Å². The molecule has 3 aliphatic rings. The van der Waals surface area contributed by atoms with Gasteiger partial charge in [-0.05, 0) is 49.4 Å². The molecule has 1 heterocycles. The van der Waals surface area contributed by atoms with E-state index in [9.17, 15) is 13.2 Å². The number of hydrogen-bond donors (Lipinski definition) is 2. The first-order chi connectivity index (χ1) is 11.4. The number of carbonyl (C=O) groups excluding carboxylic acids is 1. The average Bonchev–Trinajstić information content (AvgIpc) is 2.50. The van der Waals surface area contributed by atoms with Gasteiger partial charge in [0.2, 0.25) is 0 Å². The Labute approximate surface area is 146 Å². The van der Waals surface area contributed by atoms with Gasteiger partial charge in [0, 0.05) is 12.6 Å². The minimum absolute atomic E-state index is 0.0324. The molecule has 0 aromatic carbocycles. The maximum atomic E-state index is 12.1. The van der Waals surface area contributed by atoms with Crippen LogP contribution in [0, 0.1) is 17.3 Å². The minimum Gasteiger partial charge on any atom is -0.338 e. The summed E-state index contributed by atoms with van der Waals surface area (Å²) in [5, 5.41) is 6.09. The Balaban J connectivity index is 1.31. The van der Waals surface area contributed by atoms with Crippen LogP contribution in [0.1, 0.15) is 64.7 Å². The van der Waals surface area contributed by atoms with E-state index >= 15 is 0 Å². The van der Waals surface area contributed by atoms with E-state index < -0.39 is 9.84 Å². The van der Waals surface area contributed by atoms with Crippen molar-refractivity contribution in [3.63, 3.8) is 0 Å². The third-order valence-corrected chi connectivity index (χ3v) is 8.63. The van der Waals surface area contributed by atoms with Crippen molar-refractivity contribution in [1.29, 1.82) is 0 Å². The second-order valence-corrected chi connectivity index (χ2v) is 10.6. The molecule has 0 bridgehead atoms. The predicted octanol–water partition coefficient (Wildman–Crippen LogP) is 2.86. The van der Waals surface area contributed by atoms with Crippen LogP contribution in [0.5, 0.6) is 0 Å². The van der Waals surface area contributed by atoms with E-state index in [1.807, 2.05) is 0 Å². The lowest BCUT2D eigenvalue weighted by Gasteiger charge is -2.46. The Morgan fingerprint density at radius 2 is 1.75 bits per heavy atom. The Morgan fingerprint density at radius 3 is 2.38 bits per heavy atom. The van der Waals surface area contributed by atoms with Crippen LogP contribution < -0.4 is 10.6 Å². The van der Waals surface area contributed by atoms with E-state index in [0.29, 0.717) is 11.5 Å². The van der Waals surface area contributed by atoms with Crippen molar-refractivity contribution in [2.75, 3.05) is 18.1 Å². The topological polar surface area (TPSA) is 75.3 Å². The van der Waals surface area contributed by atoms with Crippen LogP contribution in [0.25, 0.3) is 0 Å². The second kappa shape index (κ2) is 7.22. The summed E-state index contributed by atoms with van der Waals surface area (Å²) in [5.41, 5.74) is 0.0324. The molecular formula is C18H32N2O3S. The van der Waals surface area contributed by atoms with Crippen molar-refractivity contribution in [3.05, 3.63) is 0 Å². The van der Waals surface area contributed by atoms with Crippen molar-refractivity contribution < 1.29 is 13.2 Å². The van der Waals surface area contributed by atoms with Gasteiger partial charge in [0.25, 0.3) is 0 Å². The number of carbonyl (C=O) groups is 1. The van der Waals surface area contributed by atoms with Crippen LogP contribution in [0.3, 0.4) is 0 Å². The third kappa shape index (κ3) is 4.44. The zero-order valence-electron chi connectivity index (χ0n) is 14.9. The molecule has 2 atom stereocenters. The van der Waals surface area contributed by atoms with Gasteiger partial charge in [-0.25, -0.2) is 13.2 Å². The van der Waals surface area contributed by atoms with Crippen LogP contribution in [-0.4, -0.2) is 38.5 Å². The SMILES string of the molecule is CC1CCCCC1CCNC(=O)NC1CCC2(CC1)CS(=O)(=O)C2. The first-order valence-corrected chi connectivity index (χ1v) is 11.4. The van der Waals surface area contributed by atoms with Crippen LogP contribution >= 0.6 is 0 Å². The Bertz CT molecular complexity index is 539. The molecule has 2 amide bonds. The van der Waals surface area contributed by atoms with Crippen molar-refractivity contribution in [3.8, 4) is 0 Å². The van der Waals surface area contributed by atoms with Gasteiger partial charge in [-0.2, -0.15) is 0 Å².